The quantitative estimate of drug-likeness (QED) is 0.409. The molecule has 0 aliphatic heterocycles. The monoisotopic (exact) mass is 502 g/mol. The van der Waals surface area contributed by atoms with Gasteiger partial charge in [0, 0.05) is 18.5 Å². The van der Waals surface area contributed by atoms with E-state index in [0.29, 0.717) is 52.3 Å². The number of anilines is 2. The van der Waals surface area contributed by atoms with Gasteiger partial charge >= 0.3 is 12.1 Å². The number of ether oxygens (including phenoxy) is 2. The first-order chi connectivity index (χ1) is 16.5. The van der Waals surface area contributed by atoms with E-state index in [0.717, 1.165) is 11.3 Å². The van der Waals surface area contributed by atoms with E-state index in [1.54, 1.807) is 33.8 Å². The first-order valence-electron chi connectivity index (χ1n) is 11.2. The van der Waals surface area contributed by atoms with Gasteiger partial charge < -0.3 is 25.2 Å². The van der Waals surface area contributed by atoms with Gasteiger partial charge in [-0.1, -0.05) is 0 Å². The van der Waals surface area contributed by atoms with Crippen LogP contribution >= 0.6 is 11.3 Å². The molecular formula is C24H27FN4O5S. The Morgan fingerprint density at radius 2 is 2.00 bits per heavy atom. The lowest BCUT2D eigenvalue weighted by Gasteiger charge is -2.22. The molecule has 0 spiro atoms. The van der Waals surface area contributed by atoms with Crippen molar-refractivity contribution in [2.24, 2.45) is 0 Å². The highest BCUT2D eigenvalue weighted by atomic mass is 32.1. The molecule has 1 fully saturated rings. The number of fused-ring (bicyclic) bond motifs is 1. The van der Waals surface area contributed by atoms with Crippen LogP contribution in [0.5, 0.6) is 5.75 Å². The van der Waals surface area contributed by atoms with Gasteiger partial charge in [0.05, 0.1) is 11.1 Å². The molecule has 1 aromatic carbocycles. The predicted molar refractivity (Wildman–Crippen MR) is 130 cm³/mol. The van der Waals surface area contributed by atoms with E-state index in [1.165, 1.54) is 18.5 Å². The zero-order chi connectivity index (χ0) is 25.3. The van der Waals surface area contributed by atoms with Gasteiger partial charge in [-0.15, -0.1) is 11.3 Å². The smallest absolute Gasteiger partial charge is 0.407 e. The summed E-state index contributed by atoms with van der Waals surface area (Å²) in [4.78, 5) is 32.8. The number of carboxylic acid groups (broad SMARTS) is 1. The Morgan fingerprint density at radius 1 is 1.23 bits per heavy atom. The zero-order valence-electron chi connectivity index (χ0n) is 19.8. The molecule has 1 aliphatic rings. The van der Waals surface area contributed by atoms with Crippen molar-refractivity contribution >= 4 is 45.1 Å². The Balaban J connectivity index is 1.51. The summed E-state index contributed by atoms with van der Waals surface area (Å²) in [5.74, 6) is -0.785. The Labute approximate surface area is 205 Å². The van der Waals surface area contributed by atoms with E-state index in [-0.39, 0.29) is 17.0 Å². The highest BCUT2D eigenvalue weighted by molar-refractivity contribution is 7.20. The van der Waals surface area contributed by atoms with Crippen LogP contribution in [0.2, 0.25) is 0 Å². The molecule has 0 bridgehead atoms. The summed E-state index contributed by atoms with van der Waals surface area (Å²) in [5, 5.41) is 16.1. The van der Waals surface area contributed by atoms with Gasteiger partial charge in [0.15, 0.2) is 0 Å². The van der Waals surface area contributed by atoms with Crippen molar-refractivity contribution in [2.45, 2.75) is 64.7 Å². The van der Waals surface area contributed by atoms with Crippen molar-refractivity contribution in [3.05, 3.63) is 40.8 Å². The number of carbonyl (C=O) groups excluding carboxylic acids is 1. The number of nitrogens with one attached hydrogen (secondary N) is 2. The number of carbonyl (C=O) groups is 2. The van der Waals surface area contributed by atoms with Gasteiger partial charge in [-0.2, -0.15) is 0 Å². The Morgan fingerprint density at radius 3 is 2.71 bits per heavy atom. The molecule has 2 heterocycles. The van der Waals surface area contributed by atoms with Gasteiger partial charge in [0.2, 0.25) is 0 Å². The lowest BCUT2D eigenvalue weighted by molar-refractivity contribution is 0.0502. The highest BCUT2D eigenvalue weighted by Crippen LogP contribution is 2.37. The molecule has 9 nitrogen and oxygen atoms in total. The van der Waals surface area contributed by atoms with Crippen molar-refractivity contribution in [1.29, 1.82) is 0 Å². The molecule has 0 radical (unpaired) electrons. The molecule has 1 amide bonds. The minimum absolute atomic E-state index is 0.107. The van der Waals surface area contributed by atoms with Crippen LogP contribution in [0.25, 0.3) is 10.2 Å². The molecule has 3 N–H and O–H groups in total. The van der Waals surface area contributed by atoms with Gasteiger partial charge in [-0.3, -0.25) is 0 Å². The molecule has 186 valence electrons. The van der Waals surface area contributed by atoms with E-state index in [2.05, 4.69) is 20.6 Å². The van der Waals surface area contributed by atoms with Crippen LogP contribution in [0.3, 0.4) is 0 Å². The van der Waals surface area contributed by atoms with Crippen LogP contribution < -0.4 is 15.4 Å². The summed E-state index contributed by atoms with van der Waals surface area (Å²) < 4.78 is 25.6. The van der Waals surface area contributed by atoms with Crippen molar-refractivity contribution < 1.29 is 28.6 Å². The number of hydrogen-bond donors (Lipinski definition) is 3. The summed E-state index contributed by atoms with van der Waals surface area (Å²) in [6.07, 6.45) is 2.58. The third-order valence-electron chi connectivity index (χ3n) is 5.52. The fourth-order valence-electron chi connectivity index (χ4n) is 4.03. The van der Waals surface area contributed by atoms with E-state index in [4.69, 9.17) is 9.47 Å². The number of alkyl carbamates (subject to hydrolysis) is 1. The number of aromatic nitrogens is 2. The average Bonchev–Trinajstić information content (AvgIpc) is 3.33. The van der Waals surface area contributed by atoms with Crippen molar-refractivity contribution in [1.82, 2.24) is 15.3 Å². The molecule has 3 aromatic rings. The molecule has 2 atom stereocenters. The highest BCUT2D eigenvalue weighted by Gasteiger charge is 2.30. The Hall–Kier alpha value is -3.47. The number of halogens is 1. The molecule has 1 aliphatic carbocycles. The molecule has 2 aromatic heterocycles. The Bertz CT molecular complexity index is 1270. The first kappa shape index (κ1) is 24.6. The number of hydrogen-bond acceptors (Lipinski definition) is 8. The number of aromatic carboxylic acids is 1. The third-order valence-corrected chi connectivity index (χ3v) is 6.70. The molecule has 1 saturated carbocycles. The molecule has 11 heteroatoms. The number of rotatable bonds is 6. The maximum absolute atomic E-state index is 14.1. The second-order valence-corrected chi connectivity index (χ2v) is 10.4. The minimum atomic E-state index is -1.03. The fraction of sp³-hybridized carbons (Fsp3) is 0.417. The Kier molecular flexibility index (Phi) is 6.79. The van der Waals surface area contributed by atoms with Crippen LogP contribution in [-0.4, -0.2) is 44.9 Å². The van der Waals surface area contributed by atoms with Gasteiger partial charge in [-0.25, -0.2) is 23.9 Å². The van der Waals surface area contributed by atoms with E-state index in [9.17, 15) is 19.1 Å². The summed E-state index contributed by atoms with van der Waals surface area (Å²) in [7, 11) is 0. The van der Waals surface area contributed by atoms with E-state index < -0.39 is 23.5 Å². The largest absolute Gasteiger partial charge is 0.488 e. The summed E-state index contributed by atoms with van der Waals surface area (Å²) in [5.41, 5.74) is 0.452. The molecule has 0 unspecified atom stereocenters. The van der Waals surface area contributed by atoms with E-state index >= 15 is 0 Å². The lowest BCUT2D eigenvalue weighted by Crippen LogP contribution is -2.38. The number of benzene rings is 1. The SMILES string of the molecule is Cc1c(C(=O)O)sc2ncnc(Nc3ccc(F)cc3O[C@H]3CC[C@H](NC(=O)OC(C)(C)C)C3)c12. The maximum atomic E-state index is 14.1. The minimum Gasteiger partial charge on any atom is -0.488 e. The number of nitrogens with zero attached hydrogens (tertiary/aromatic N) is 2. The summed E-state index contributed by atoms with van der Waals surface area (Å²) in [6.45, 7) is 7.11. The van der Waals surface area contributed by atoms with Crippen molar-refractivity contribution in [3.63, 3.8) is 0 Å². The third kappa shape index (κ3) is 5.79. The molecule has 0 saturated heterocycles. The van der Waals surface area contributed by atoms with Crippen LogP contribution in [0.4, 0.5) is 20.7 Å². The average molecular weight is 503 g/mol. The fourth-order valence-corrected chi connectivity index (χ4v) is 5.01. The number of aryl methyl sites for hydroxylation is 1. The topological polar surface area (TPSA) is 123 Å². The van der Waals surface area contributed by atoms with Crippen molar-refractivity contribution in [2.75, 3.05) is 5.32 Å². The van der Waals surface area contributed by atoms with Crippen LogP contribution in [0.1, 0.15) is 55.3 Å². The second-order valence-electron chi connectivity index (χ2n) is 9.43. The van der Waals surface area contributed by atoms with Gasteiger partial charge in [-0.05, 0) is 58.2 Å². The standard InChI is InChI=1S/C24H27FN4O5S/c1-12-18-20(26-11-27-21(18)35-19(12)22(30)31)29-16-8-5-13(25)9-17(16)33-15-7-6-14(10-15)28-23(32)34-24(2,3)4/h5,8-9,11,14-15H,6-7,10H2,1-4H3,(H,28,32)(H,30,31)(H,26,27,29)/t14-,15-/m0/s1. The van der Waals surface area contributed by atoms with Crippen LogP contribution in [-0.2, 0) is 4.74 Å². The van der Waals surface area contributed by atoms with E-state index in [1.807, 2.05) is 0 Å². The molecular weight excluding hydrogens is 475 g/mol. The number of amides is 1. The first-order valence-corrected chi connectivity index (χ1v) is 12.0. The summed E-state index contributed by atoms with van der Waals surface area (Å²) >= 11 is 1.07. The van der Waals surface area contributed by atoms with Gasteiger partial charge in [0.25, 0.3) is 0 Å². The summed E-state index contributed by atoms with van der Waals surface area (Å²) in [6, 6.07) is 4.03. The lowest BCUT2D eigenvalue weighted by atomic mass is 10.2. The van der Waals surface area contributed by atoms with Crippen LogP contribution in [0.15, 0.2) is 24.5 Å². The maximum Gasteiger partial charge on any atom is 0.407 e. The number of thiophene rings is 1. The van der Waals surface area contributed by atoms with Crippen LogP contribution in [0, 0.1) is 12.7 Å². The number of carboxylic acids is 1. The zero-order valence-corrected chi connectivity index (χ0v) is 20.7. The molecule has 4 rings (SSSR count). The normalized spacial score (nSPS) is 17.9. The molecule has 35 heavy (non-hydrogen) atoms. The predicted octanol–water partition coefficient (Wildman–Crippen LogP) is 5.41. The second kappa shape index (κ2) is 9.65. The van der Waals surface area contributed by atoms with Crippen molar-refractivity contribution in [3.8, 4) is 5.75 Å². The van der Waals surface area contributed by atoms with Gasteiger partial charge in [0.1, 0.15) is 45.1 Å².